The van der Waals surface area contributed by atoms with Gasteiger partial charge in [0.1, 0.15) is 30.0 Å². The predicted octanol–water partition coefficient (Wildman–Crippen LogP) is 17.3. The summed E-state index contributed by atoms with van der Waals surface area (Å²) < 4.78 is 215. The lowest BCUT2D eigenvalue weighted by atomic mass is 9.50. The van der Waals surface area contributed by atoms with E-state index in [1.807, 2.05) is 41.5 Å². The predicted molar refractivity (Wildman–Crippen MR) is 476 cm³/mol. The quantitative estimate of drug-likeness (QED) is 0.100. The Hall–Kier alpha value is -9.48. The topological polar surface area (TPSA) is 302 Å². The molecule has 4 aliphatic carbocycles. The number of ether oxygens (including phenoxy) is 3. The molecule has 46 heteroatoms. The lowest BCUT2D eigenvalue weighted by Crippen LogP contribution is -2.73. The number of aryl methyl sites for hydroxylation is 4. The number of nitrogens with zero attached hydrogens (tertiary/aromatic N) is 22. The lowest BCUT2D eigenvalue weighted by molar-refractivity contribution is -0.157. The summed E-state index contributed by atoms with van der Waals surface area (Å²) in [6, 6.07) is 31.3. The molecule has 0 spiro atoms. The average molecular weight is 1910 g/mol. The molecular weight excluding hydrogens is 1800 g/mol. The highest BCUT2D eigenvalue weighted by Gasteiger charge is 2.62. The smallest absolute Gasteiger partial charge is 0.453 e. The van der Waals surface area contributed by atoms with Crippen LogP contribution in [0.2, 0.25) is 0 Å². The number of alkyl halides is 15. The second kappa shape index (κ2) is 41.8. The fraction of sp³-hybridized carbons (Fsp3) is 0.536. The van der Waals surface area contributed by atoms with Crippen molar-refractivity contribution in [3.8, 4) is 29.0 Å². The van der Waals surface area contributed by atoms with E-state index >= 15 is 0 Å². The molecule has 27 nitrogen and oxygen atoms in total. The van der Waals surface area contributed by atoms with Crippen LogP contribution < -0.4 is 25.7 Å². The lowest BCUT2D eigenvalue weighted by Gasteiger charge is -2.61. The normalized spacial score (nSPS) is 21.2. The molecule has 11 aromatic rings. The van der Waals surface area contributed by atoms with Gasteiger partial charge in [0.25, 0.3) is 23.3 Å². The van der Waals surface area contributed by atoms with Gasteiger partial charge in [-0.25, -0.2) is 0 Å². The van der Waals surface area contributed by atoms with Crippen LogP contribution in [-0.2, 0) is 43.7 Å². The third-order valence-corrected chi connectivity index (χ3v) is 24.3. The van der Waals surface area contributed by atoms with Gasteiger partial charge in [-0.05, 0) is 150 Å². The molecule has 2 saturated heterocycles. The highest BCUT2D eigenvalue weighted by molar-refractivity contribution is 6.92. The summed E-state index contributed by atoms with van der Waals surface area (Å²) in [4.78, 5) is 4.43. The SMILES string of the molecule is CC.CC1(C)C(N)C(C)(C)C1Oc1ccc2nnc(C(F)(F)F)n2n1.Cc1ccc(C2CCN(C3=Nn4c(nnc4-c4ccc(C(F)(F)F)cc4)CC3)CC2)cc1.Cc1ccc(C2CCN(C3=Nn4c(nnc4C(F)(F)F)CC3)CC2)cc1.FC(F)(F)c1nnc2ccc(OC3C[C@H]4CC[C@@H](C3)C4)nn12.NC1CCC(Oc2ccc3nnc(C(F)(F)F)n3n2)CC1.P.P.P.P. The summed E-state index contributed by atoms with van der Waals surface area (Å²) >= 11 is 0. The van der Waals surface area contributed by atoms with E-state index in [0.717, 1.165) is 125 Å². The van der Waals surface area contributed by atoms with Gasteiger partial charge in [-0.1, -0.05) is 126 Å². The van der Waals surface area contributed by atoms with Gasteiger partial charge in [0.2, 0.25) is 17.6 Å². The van der Waals surface area contributed by atoms with Crippen LogP contribution in [0.25, 0.3) is 28.3 Å². The monoisotopic (exact) mass is 1910 g/mol. The van der Waals surface area contributed by atoms with Crippen molar-refractivity contribution in [3.63, 3.8) is 0 Å². The van der Waals surface area contributed by atoms with Crippen molar-refractivity contribution in [2.24, 2.45) is 44.3 Å². The number of halogens is 15. The van der Waals surface area contributed by atoms with Gasteiger partial charge in [-0.2, -0.15) is 139 Å². The van der Waals surface area contributed by atoms with Crippen LogP contribution in [-0.4, -0.2) is 167 Å². The van der Waals surface area contributed by atoms with Gasteiger partial charge >= 0.3 is 30.9 Å². The number of hydrogen-bond donors (Lipinski definition) is 2. The molecule has 4 saturated carbocycles. The molecule has 0 radical (unpaired) electrons. The zero-order chi connectivity index (χ0) is 90.2. The van der Waals surface area contributed by atoms with E-state index in [4.69, 9.17) is 30.8 Å². The molecular formula is C84H109F15N24O3P4. The largest absolute Gasteiger partial charge is 0.473 e. The Labute approximate surface area is 753 Å². The molecule has 5 unspecified atom stereocenters. The number of likely N-dealkylation sites (tertiary alicyclic amines) is 2. The maximum absolute atomic E-state index is 13.0. The zero-order valence-corrected chi connectivity index (χ0v) is 78.8. The fourth-order valence-electron chi connectivity index (χ4n) is 17.8. The first-order valence-electron chi connectivity index (χ1n) is 42.0. The Kier molecular flexibility index (Phi) is 33.0. The summed E-state index contributed by atoms with van der Waals surface area (Å²) in [6.45, 7) is 19.5. The Morgan fingerprint density at radius 3 is 1.14 bits per heavy atom. The van der Waals surface area contributed by atoms with Crippen LogP contribution in [0.15, 0.2) is 119 Å². The van der Waals surface area contributed by atoms with E-state index in [2.05, 4.69) is 144 Å². The standard InChI is InChI=1S/C24H24F3N5.C18H20F3N5.C14H18F3N5O.C14H15F3N4O.C12H14F3N5O.C2H6.4H3P/c1-16-2-4-17(5-3-16)18-12-14-31(15-13-18)22-11-10-21-28-29-23(32(21)30-22)19-6-8-20(9-7-19)24(25,26)27;1-12-2-4-13(5-3-12)14-8-10-25(11-9-14)16-7-6-15-22-23-17(18(19,20)21)26(15)24-16;1-12(2)9(18)13(3,4)10(12)23-8-6-5-7-19-20-11(14(15,16)17)22(7)21-8;15-14(16,17)13-19-18-11-3-4-12(20-21(11)13)22-10-6-8-1-2-9(5-8)7-10;13-12(14,15)11-18-17-9-5-6-10(19-20(9)11)21-8-3-1-7(16)2-4-8;1-2;;;;/h2-9,18H,10-15H2,1H3;2-5,14H,6-11H2,1H3;5-6,9-10H,18H2,1-4H3;3-4,8-10H,1-2,5-7H2;5-8H,1-4,16H2;1-2H3;4*1H3/t;;;8-,9+,10?;;;;;;. The van der Waals surface area contributed by atoms with Gasteiger partial charge in [0.05, 0.1) is 5.56 Å². The molecule has 4 N–H and O–H groups in total. The van der Waals surface area contributed by atoms with Gasteiger partial charge in [-0.15, -0.1) is 66.3 Å². The Morgan fingerprint density at radius 2 is 0.738 bits per heavy atom. The zero-order valence-electron chi connectivity index (χ0n) is 73.2. The number of rotatable bonds is 9. The number of amidine groups is 2. The van der Waals surface area contributed by atoms with Crippen molar-refractivity contribution in [1.82, 2.24) is 99.0 Å². The molecule has 3 aromatic carbocycles. The number of fused-ring (bicyclic) bond motifs is 7. The van der Waals surface area contributed by atoms with E-state index < -0.39 is 59.7 Å². The first-order chi connectivity index (χ1) is 59.7. The van der Waals surface area contributed by atoms with E-state index in [-0.39, 0.29) is 121 Å². The molecule has 8 aromatic heterocycles. The van der Waals surface area contributed by atoms with Crippen LogP contribution in [0.5, 0.6) is 17.6 Å². The van der Waals surface area contributed by atoms with Gasteiger partial charge in [0.15, 0.2) is 34.4 Å². The molecule has 4 aliphatic heterocycles. The van der Waals surface area contributed by atoms with Crippen molar-refractivity contribution >= 4 is 68.2 Å². The van der Waals surface area contributed by atoms with Gasteiger partial charge < -0.3 is 35.5 Å². The highest BCUT2D eigenvalue weighted by atomic mass is 31.0. The van der Waals surface area contributed by atoms with Crippen LogP contribution in [0.3, 0.4) is 0 Å². The summed E-state index contributed by atoms with van der Waals surface area (Å²) in [5, 5.41) is 55.8. The fourth-order valence-corrected chi connectivity index (χ4v) is 17.8. The van der Waals surface area contributed by atoms with E-state index in [0.29, 0.717) is 73.7 Å². The molecule has 708 valence electrons. The van der Waals surface area contributed by atoms with Crippen LogP contribution in [0.4, 0.5) is 65.9 Å². The first-order valence-corrected chi connectivity index (χ1v) is 42.0. The number of benzene rings is 3. The number of aromatic nitrogens is 18. The van der Waals surface area contributed by atoms with Crippen molar-refractivity contribution in [1.29, 1.82) is 0 Å². The average Bonchev–Trinajstić information content (AvgIpc) is 0.952. The molecule has 130 heavy (non-hydrogen) atoms. The third-order valence-electron chi connectivity index (χ3n) is 24.3. The highest BCUT2D eigenvalue weighted by Crippen LogP contribution is 2.54. The number of nitrogens with two attached hydrogens (primary N) is 2. The summed E-state index contributed by atoms with van der Waals surface area (Å²) in [6.07, 6.45) is -7.51. The maximum atomic E-state index is 13.0. The molecule has 19 rings (SSSR count). The maximum Gasteiger partial charge on any atom is 0.453 e. The van der Waals surface area contributed by atoms with E-state index in [9.17, 15) is 65.9 Å². The second-order valence-corrected chi connectivity index (χ2v) is 33.9. The second-order valence-electron chi connectivity index (χ2n) is 33.9. The van der Waals surface area contributed by atoms with E-state index in [1.54, 1.807) is 10.7 Å². The molecule has 8 aliphatic rings. The van der Waals surface area contributed by atoms with Crippen molar-refractivity contribution < 1.29 is 80.1 Å². The van der Waals surface area contributed by atoms with Crippen molar-refractivity contribution in [2.75, 3.05) is 26.2 Å². The van der Waals surface area contributed by atoms with E-state index in [1.165, 1.54) is 84.0 Å². The molecule has 7 atom stereocenters. The molecule has 2 bridgehead atoms. The van der Waals surface area contributed by atoms with Crippen molar-refractivity contribution in [3.05, 3.63) is 172 Å². The Balaban J connectivity index is 0.000000168. The van der Waals surface area contributed by atoms with Gasteiger partial charge in [0, 0.05) is 98.5 Å². The minimum Gasteiger partial charge on any atom is -0.473 e. The molecule has 12 heterocycles. The Morgan fingerprint density at radius 1 is 0.369 bits per heavy atom. The first kappa shape index (κ1) is 103. The minimum absolute atomic E-state index is 0. The van der Waals surface area contributed by atoms with Crippen LogP contribution in [0.1, 0.15) is 212 Å². The van der Waals surface area contributed by atoms with Crippen LogP contribution >= 0.6 is 39.6 Å². The van der Waals surface area contributed by atoms with Crippen molar-refractivity contribution in [2.45, 2.75) is 238 Å². The summed E-state index contributed by atoms with van der Waals surface area (Å²) in [5.74, 6) is 1.51. The summed E-state index contributed by atoms with van der Waals surface area (Å²) in [7, 11) is 0. The summed E-state index contributed by atoms with van der Waals surface area (Å²) in [5.41, 5.74) is 16.6. The minimum atomic E-state index is -4.64. The molecule has 6 fully saturated rings. The van der Waals surface area contributed by atoms with Crippen LogP contribution in [0, 0.1) is 36.5 Å². The van der Waals surface area contributed by atoms with Gasteiger partial charge in [-0.3, -0.25) is 0 Å². The number of hydrogen-bond acceptors (Lipinski definition) is 22. The molecule has 0 amide bonds. The Bertz CT molecular complexity index is 5590. The third kappa shape index (κ3) is 23.6. The number of piperidine rings is 2.